The van der Waals surface area contributed by atoms with Crippen molar-refractivity contribution in [3.05, 3.63) is 14.5 Å². The quantitative estimate of drug-likeness (QED) is 0.844. The lowest BCUT2D eigenvalue weighted by Gasteiger charge is -2.36. The van der Waals surface area contributed by atoms with Gasteiger partial charge in [-0.25, -0.2) is 9.78 Å². The average Bonchev–Trinajstić information content (AvgIpc) is 2.88. The van der Waals surface area contributed by atoms with Gasteiger partial charge in [-0.15, -0.1) is 11.3 Å². The molecule has 1 unspecified atom stereocenters. The Balaban J connectivity index is 1.76. The predicted octanol–water partition coefficient (Wildman–Crippen LogP) is 2.00. The summed E-state index contributed by atoms with van der Waals surface area (Å²) >= 11 is 4.62. The maximum Gasteiger partial charge on any atom is 0.407 e. The Morgan fingerprint density at radius 1 is 1.53 bits per heavy atom. The van der Waals surface area contributed by atoms with Crippen molar-refractivity contribution in [1.82, 2.24) is 14.8 Å². The smallest absolute Gasteiger partial charge is 0.407 e. The second-order valence-corrected chi connectivity index (χ2v) is 6.98. The zero-order valence-corrected chi connectivity index (χ0v) is 12.4. The molecular formula is C11H12BrN3O3S. The number of hydrogen-bond donors (Lipinski definition) is 1. The number of rotatable bonds is 1. The highest BCUT2D eigenvalue weighted by molar-refractivity contribution is 9.11. The van der Waals surface area contributed by atoms with Gasteiger partial charge in [0.15, 0.2) is 3.92 Å². The van der Waals surface area contributed by atoms with Gasteiger partial charge in [0, 0.05) is 13.1 Å². The van der Waals surface area contributed by atoms with E-state index in [-0.39, 0.29) is 11.9 Å². The van der Waals surface area contributed by atoms with Crippen LogP contribution >= 0.6 is 27.3 Å². The number of amides is 2. The molecule has 0 bridgehead atoms. The number of thiazole rings is 1. The minimum atomic E-state index is -0.910. The zero-order chi connectivity index (χ0) is 13.6. The van der Waals surface area contributed by atoms with Crippen molar-refractivity contribution in [3.63, 3.8) is 0 Å². The number of carboxylic acid groups (broad SMARTS) is 1. The number of aromatic nitrogens is 1. The van der Waals surface area contributed by atoms with Crippen LogP contribution in [0.15, 0.2) is 3.92 Å². The number of likely N-dealkylation sites (tertiary alicyclic amines) is 1. The molecular weight excluding hydrogens is 334 g/mol. The third kappa shape index (κ3) is 2.23. The van der Waals surface area contributed by atoms with Crippen molar-refractivity contribution in [3.8, 4) is 0 Å². The summed E-state index contributed by atoms with van der Waals surface area (Å²) in [6.45, 7) is 1.45. The van der Waals surface area contributed by atoms with Crippen molar-refractivity contribution in [1.29, 1.82) is 0 Å². The highest BCUT2D eigenvalue weighted by atomic mass is 79.9. The van der Waals surface area contributed by atoms with Crippen LogP contribution in [-0.2, 0) is 6.54 Å². The van der Waals surface area contributed by atoms with Gasteiger partial charge in [-0.2, -0.15) is 0 Å². The van der Waals surface area contributed by atoms with E-state index in [0.717, 1.165) is 22.5 Å². The number of carbonyl (C=O) groups excluding carboxylic acids is 1. The Labute approximate surface area is 122 Å². The van der Waals surface area contributed by atoms with Crippen LogP contribution < -0.4 is 0 Å². The number of piperidine rings is 1. The van der Waals surface area contributed by atoms with E-state index in [2.05, 4.69) is 20.9 Å². The van der Waals surface area contributed by atoms with Crippen LogP contribution in [0.1, 0.15) is 28.2 Å². The van der Waals surface area contributed by atoms with Gasteiger partial charge in [-0.3, -0.25) is 4.79 Å². The molecule has 0 radical (unpaired) electrons. The molecule has 1 N–H and O–H groups in total. The molecule has 0 aromatic carbocycles. The molecule has 0 aliphatic carbocycles. The minimum Gasteiger partial charge on any atom is -0.465 e. The van der Waals surface area contributed by atoms with Crippen LogP contribution in [0.4, 0.5) is 4.79 Å². The van der Waals surface area contributed by atoms with E-state index in [9.17, 15) is 9.59 Å². The van der Waals surface area contributed by atoms with E-state index in [1.165, 1.54) is 16.2 Å². The van der Waals surface area contributed by atoms with E-state index in [0.29, 0.717) is 24.5 Å². The van der Waals surface area contributed by atoms with E-state index in [1.54, 1.807) is 4.90 Å². The molecule has 3 rings (SSSR count). The standard InChI is InChI=1S/C11H12BrN3O3S/c12-10-13-7-5-15(9(16)8(7)19-10)6-2-1-3-14(4-6)11(17)18/h6H,1-5H2,(H,17,18). The lowest BCUT2D eigenvalue weighted by Crippen LogP contribution is -2.49. The van der Waals surface area contributed by atoms with Crippen LogP contribution in [-0.4, -0.2) is 51.0 Å². The molecule has 6 nitrogen and oxygen atoms in total. The SMILES string of the molecule is O=C(O)N1CCCC(N2Cc3nc(Br)sc3C2=O)C1. The highest BCUT2D eigenvalue weighted by Crippen LogP contribution is 2.33. The maximum atomic E-state index is 12.3. The molecule has 2 amide bonds. The fourth-order valence-electron chi connectivity index (χ4n) is 2.64. The molecule has 0 saturated carbocycles. The molecule has 3 heterocycles. The van der Waals surface area contributed by atoms with Gasteiger partial charge >= 0.3 is 6.09 Å². The third-order valence-corrected chi connectivity index (χ3v) is 5.09. The molecule has 0 spiro atoms. The van der Waals surface area contributed by atoms with Gasteiger partial charge in [0.05, 0.1) is 18.3 Å². The molecule has 8 heteroatoms. The first kappa shape index (κ1) is 12.9. The van der Waals surface area contributed by atoms with E-state index >= 15 is 0 Å². The van der Waals surface area contributed by atoms with E-state index in [4.69, 9.17) is 5.11 Å². The zero-order valence-electron chi connectivity index (χ0n) is 10.0. The second-order valence-electron chi connectivity index (χ2n) is 4.70. The average molecular weight is 346 g/mol. The summed E-state index contributed by atoms with van der Waals surface area (Å²) in [5, 5.41) is 9.04. The summed E-state index contributed by atoms with van der Waals surface area (Å²) in [5.41, 5.74) is 0.800. The van der Waals surface area contributed by atoms with Gasteiger partial charge in [0.1, 0.15) is 4.88 Å². The predicted molar refractivity (Wildman–Crippen MR) is 72.3 cm³/mol. The molecule has 1 saturated heterocycles. The molecule has 1 aromatic heterocycles. The molecule has 2 aliphatic rings. The Hall–Kier alpha value is -1.15. The fourth-order valence-corrected chi connectivity index (χ4v) is 4.09. The summed E-state index contributed by atoms with van der Waals surface area (Å²) in [4.78, 5) is 31.4. The van der Waals surface area contributed by atoms with Crippen molar-refractivity contribution in [2.24, 2.45) is 0 Å². The van der Waals surface area contributed by atoms with Gasteiger partial charge < -0.3 is 14.9 Å². The second kappa shape index (κ2) is 4.75. The molecule has 1 atom stereocenters. The van der Waals surface area contributed by atoms with Crippen molar-refractivity contribution < 1.29 is 14.7 Å². The topological polar surface area (TPSA) is 73.7 Å². The minimum absolute atomic E-state index is 0.0181. The largest absolute Gasteiger partial charge is 0.465 e. The first-order chi connectivity index (χ1) is 9.06. The van der Waals surface area contributed by atoms with Gasteiger partial charge in [0.2, 0.25) is 0 Å². The highest BCUT2D eigenvalue weighted by Gasteiger charge is 2.38. The summed E-state index contributed by atoms with van der Waals surface area (Å²) in [7, 11) is 0. The first-order valence-electron chi connectivity index (χ1n) is 6.00. The summed E-state index contributed by atoms with van der Waals surface area (Å²) in [6.07, 6.45) is 0.740. The number of halogens is 1. The summed E-state index contributed by atoms with van der Waals surface area (Å²) in [6, 6.07) is -0.0301. The molecule has 1 aromatic rings. The van der Waals surface area contributed by atoms with Gasteiger partial charge in [-0.05, 0) is 28.8 Å². The normalized spacial score (nSPS) is 22.8. The number of fused-ring (bicyclic) bond motifs is 1. The Morgan fingerprint density at radius 2 is 2.32 bits per heavy atom. The molecule has 19 heavy (non-hydrogen) atoms. The lowest BCUT2D eigenvalue weighted by molar-refractivity contribution is 0.0560. The van der Waals surface area contributed by atoms with E-state index in [1.807, 2.05) is 0 Å². The first-order valence-corrected chi connectivity index (χ1v) is 7.61. The van der Waals surface area contributed by atoms with Crippen LogP contribution in [0, 0.1) is 0 Å². The number of hydrogen-bond acceptors (Lipinski definition) is 4. The van der Waals surface area contributed by atoms with Crippen LogP contribution in [0.2, 0.25) is 0 Å². The van der Waals surface area contributed by atoms with Crippen LogP contribution in [0.5, 0.6) is 0 Å². The monoisotopic (exact) mass is 345 g/mol. The van der Waals surface area contributed by atoms with Crippen LogP contribution in [0.25, 0.3) is 0 Å². The summed E-state index contributed by atoms with van der Waals surface area (Å²) in [5.74, 6) is -0.0181. The van der Waals surface area contributed by atoms with Crippen LogP contribution in [0.3, 0.4) is 0 Å². The maximum absolute atomic E-state index is 12.3. The number of nitrogens with zero attached hydrogens (tertiary/aromatic N) is 3. The third-order valence-electron chi connectivity index (χ3n) is 3.55. The molecule has 2 aliphatic heterocycles. The van der Waals surface area contributed by atoms with Gasteiger partial charge in [-0.1, -0.05) is 0 Å². The molecule has 102 valence electrons. The lowest BCUT2D eigenvalue weighted by atomic mass is 10.0. The number of carbonyl (C=O) groups is 2. The Bertz CT molecular complexity index is 547. The Morgan fingerprint density at radius 3 is 3.00 bits per heavy atom. The fraction of sp³-hybridized carbons (Fsp3) is 0.545. The van der Waals surface area contributed by atoms with Crippen molar-refractivity contribution in [2.45, 2.75) is 25.4 Å². The van der Waals surface area contributed by atoms with Crippen molar-refractivity contribution in [2.75, 3.05) is 13.1 Å². The van der Waals surface area contributed by atoms with Crippen molar-refractivity contribution >= 4 is 39.3 Å². The summed E-state index contributed by atoms with van der Waals surface area (Å²) < 4.78 is 0.723. The van der Waals surface area contributed by atoms with E-state index < -0.39 is 6.09 Å². The van der Waals surface area contributed by atoms with Gasteiger partial charge in [0.25, 0.3) is 5.91 Å². The molecule has 1 fully saturated rings. The Kier molecular flexibility index (Phi) is 3.22.